The molecule has 0 saturated carbocycles. The van der Waals surface area contributed by atoms with Gasteiger partial charge in [0.15, 0.2) is 0 Å². The summed E-state index contributed by atoms with van der Waals surface area (Å²) in [4.78, 5) is 24.9. The second kappa shape index (κ2) is 7.18. The minimum absolute atomic E-state index is 0.0493. The number of amides is 2. The molecule has 1 aliphatic rings. The molecule has 17 heavy (non-hydrogen) atoms. The highest BCUT2D eigenvalue weighted by Crippen LogP contribution is 2.05. The summed E-state index contributed by atoms with van der Waals surface area (Å²) in [5, 5.41) is 4.89. The Bertz CT molecular complexity index is 303. The summed E-state index contributed by atoms with van der Waals surface area (Å²) in [7, 11) is 0. The van der Waals surface area contributed by atoms with E-state index in [1.165, 1.54) is 12.8 Å². The molecule has 1 aliphatic heterocycles. The van der Waals surface area contributed by atoms with E-state index in [1.807, 2.05) is 0 Å². The maximum absolute atomic E-state index is 11.3. The molecule has 1 rings (SSSR count). The van der Waals surface area contributed by atoms with Crippen LogP contribution in [-0.2, 0) is 9.59 Å². The quantitative estimate of drug-likeness (QED) is 0.417. The van der Waals surface area contributed by atoms with E-state index in [0.29, 0.717) is 6.54 Å². The first kappa shape index (κ1) is 13.9. The second-order valence-electron chi connectivity index (χ2n) is 3.95. The zero-order valence-electron chi connectivity index (χ0n) is 9.70. The van der Waals surface area contributed by atoms with Crippen molar-refractivity contribution >= 4 is 29.0 Å². The third-order valence-corrected chi connectivity index (χ3v) is 2.69. The van der Waals surface area contributed by atoms with Gasteiger partial charge in [-0.15, -0.1) is 0 Å². The third-order valence-electron chi connectivity index (χ3n) is 2.54. The number of hydrogen-bond acceptors (Lipinski definition) is 4. The lowest BCUT2D eigenvalue weighted by molar-refractivity contribution is -0.139. The maximum atomic E-state index is 11.3. The van der Waals surface area contributed by atoms with E-state index in [-0.39, 0.29) is 11.5 Å². The van der Waals surface area contributed by atoms with Gasteiger partial charge in [0.25, 0.3) is 0 Å². The van der Waals surface area contributed by atoms with E-state index >= 15 is 0 Å². The Balaban J connectivity index is 2.10. The maximum Gasteiger partial charge on any atom is 0.309 e. The molecule has 0 unspecified atom stereocenters. The van der Waals surface area contributed by atoms with Crippen LogP contribution in [0.25, 0.3) is 0 Å². The molecule has 1 heterocycles. The molecular formula is C10H18N4O2S. The van der Waals surface area contributed by atoms with Crippen LogP contribution in [0.15, 0.2) is 0 Å². The Kier molecular flexibility index (Phi) is 5.85. The largest absolute Gasteiger partial charge is 0.392 e. The Morgan fingerprint density at radius 3 is 2.35 bits per heavy atom. The predicted molar refractivity (Wildman–Crippen MR) is 68.5 cm³/mol. The van der Waals surface area contributed by atoms with Crippen LogP contribution in [0.4, 0.5) is 0 Å². The second-order valence-corrected chi connectivity index (χ2v) is 4.48. The Morgan fingerprint density at radius 1 is 1.18 bits per heavy atom. The zero-order valence-corrected chi connectivity index (χ0v) is 10.5. The van der Waals surface area contributed by atoms with Crippen LogP contribution >= 0.6 is 12.2 Å². The lowest BCUT2D eigenvalue weighted by atomic mass is 10.4. The van der Waals surface area contributed by atoms with E-state index in [9.17, 15) is 9.59 Å². The number of carbonyl (C=O) groups excluding carboxylic acids is 2. The number of carbonyl (C=O) groups is 2. The molecule has 6 nitrogen and oxygen atoms in total. The van der Waals surface area contributed by atoms with Crippen LogP contribution in [0.3, 0.4) is 0 Å². The number of thiocarbonyl (C=S) groups is 1. The fraction of sp³-hybridized carbons (Fsp3) is 0.700. The van der Waals surface area contributed by atoms with Gasteiger partial charge in [0.2, 0.25) is 0 Å². The Hall–Kier alpha value is -1.21. The van der Waals surface area contributed by atoms with E-state index in [1.54, 1.807) is 0 Å². The van der Waals surface area contributed by atoms with Crippen molar-refractivity contribution in [2.45, 2.75) is 12.8 Å². The molecule has 96 valence electrons. The summed E-state index contributed by atoms with van der Waals surface area (Å²) >= 11 is 4.59. The van der Waals surface area contributed by atoms with E-state index in [2.05, 4.69) is 27.8 Å². The summed E-state index contributed by atoms with van der Waals surface area (Å²) in [5.41, 5.74) is 5.20. The first-order chi connectivity index (χ1) is 8.09. The SMILES string of the molecule is NC(=S)CNC(=O)C(=O)NCCN1CCCC1. The Labute approximate surface area is 106 Å². The number of likely N-dealkylation sites (tertiary alicyclic amines) is 1. The number of nitrogens with zero attached hydrogens (tertiary/aromatic N) is 1. The van der Waals surface area contributed by atoms with Crippen LogP contribution in [0, 0.1) is 0 Å². The van der Waals surface area contributed by atoms with Crippen LogP contribution in [0.1, 0.15) is 12.8 Å². The average molecular weight is 258 g/mol. The molecule has 0 spiro atoms. The fourth-order valence-corrected chi connectivity index (χ4v) is 1.73. The monoisotopic (exact) mass is 258 g/mol. The van der Waals surface area contributed by atoms with Gasteiger partial charge in [0, 0.05) is 13.1 Å². The van der Waals surface area contributed by atoms with Crippen LogP contribution in [0.5, 0.6) is 0 Å². The Morgan fingerprint density at radius 2 is 1.76 bits per heavy atom. The highest BCUT2D eigenvalue weighted by molar-refractivity contribution is 7.80. The smallest absolute Gasteiger partial charge is 0.309 e. The fourth-order valence-electron chi connectivity index (χ4n) is 1.66. The van der Waals surface area contributed by atoms with E-state index in [0.717, 1.165) is 19.6 Å². The van der Waals surface area contributed by atoms with Crippen molar-refractivity contribution in [3.05, 3.63) is 0 Å². The van der Waals surface area contributed by atoms with Gasteiger partial charge in [-0.3, -0.25) is 9.59 Å². The molecular weight excluding hydrogens is 240 g/mol. The molecule has 0 aromatic rings. The highest BCUT2D eigenvalue weighted by atomic mass is 32.1. The van der Waals surface area contributed by atoms with Gasteiger partial charge in [0.05, 0.1) is 11.5 Å². The van der Waals surface area contributed by atoms with E-state index < -0.39 is 11.8 Å². The molecule has 0 aromatic heterocycles. The normalized spacial score (nSPS) is 15.5. The zero-order chi connectivity index (χ0) is 12.7. The molecule has 0 aromatic carbocycles. The summed E-state index contributed by atoms with van der Waals surface area (Å²) in [6, 6.07) is 0. The number of hydrogen-bond donors (Lipinski definition) is 3. The van der Waals surface area contributed by atoms with Crippen molar-refractivity contribution in [3.63, 3.8) is 0 Å². The molecule has 0 aliphatic carbocycles. The predicted octanol–water partition coefficient (Wildman–Crippen LogP) is -1.40. The summed E-state index contributed by atoms with van der Waals surface area (Å²) in [6.45, 7) is 3.47. The number of rotatable bonds is 5. The lowest BCUT2D eigenvalue weighted by Crippen LogP contribution is -2.44. The van der Waals surface area contributed by atoms with E-state index in [4.69, 9.17) is 5.73 Å². The summed E-state index contributed by atoms with van der Waals surface area (Å²) in [5.74, 6) is -1.33. The minimum Gasteiger partial charge on any atom is -0.392 e. The van der Waals surface area contributed by atoms with Crippen LogP contribution in [0.2, 0.25) is 0 Å². The van der Waals surface area contributed by atoms with Crippen molar-refractivity contribution in [1.29, 1.82) is 0 Å². The standard InChI is InChI=1S/C10H18N4O2S/c11-8(17)7-13-10(16)9(15)12-3-6-14-4-1-2-5-14/h1-7H2,(H2,11,17)(H,12,15)(H,13,16). The summed E-state index contributed by atoms with van der Waals surface area (Å²) < 4.78 is 0. The highest BCUT2D eigenvalue weighted by Gasteiger charge is 2.14. The van der Waals surface area contributed by atoms with Crippen molar-refractivity contribution in [2.75, 3.05) is 32.7 Å². The minimum atomic E-state index is -0.695. The molecule has 0 radical (unpaired) electrons. The molecule has 0 bridgehead atoms. The van der Waals surface area contributed by atoms with Gasteiger partial charge in [0.1, 0.15) is 0 Å². The first-order valence-corrected chi connectivity index (χ1v) is 6.07. The van der Waals surface area contributed by atoms with Gasteiger partial charge in [-0.1, -0.05) is 12.2 Å². The van der Waals surface area contributed by atoms with Crippen LogP contribution in [-0.4, -0.2) is 54.4 Å². The number of nitrogens with one attached hydrogen (secondary N) is 2. The van der Waals surface area contributed by atoms with Gasteiger partial charge in [-0.25, -0.2) is 0 Å². The average Bonchev–Trinajstić information content (AvgIpc) is 2.78. The van der Waals surface area contributed by atoms with Gasteiger partial charge < -0.3 is 21.3 Å². The third kappa shape index (κ3) is 5.60. The lowest BCUT2D eigenvalue weighted by Gasteiger charge is -2.14. The first-order valence-electron chi connectivity index (χ1n) is 5.66. The molecule has 1 fully saturated rings. The topological polar surface area (TPSA) is 87.5 Å². The van der Waals surface area contributed by atoms with Gasteiger partial charge >= 0.3 is 11.8 Å². The molecule has 0 atom stereocenters. The van der Waals surface area contributed by atoms with Crippen molar-refractivity contribution < 1.29 is 9.59 Å². The van der Waals surface area contributed by atoms with Crippen molar-refractivity contribution in [3.8, 4) is 0 Å². The van der Waals surface area contributed by atoms with Gasteiger partial charge in [-0.2, -0.15) is 0 Å². The summed E-state index contributed by atoms with van der Waals surface area (Å²) in [6.07, 6.45) is 2.42. The molecule has 4 N–H and O–H groups in total. The molecule has 2 amide bonds. The van der Waals surface area contributed by atoms with Crippen molar-refractivity contribution in [1.82, 2.24) is 15.5 Å². The molecule has 7 heteroatoms. The molecule has 1 saturated heterocycles. The van der Waals surface area contributed by atoms with Crippen molar-refractivity contribution in [2.24, 2.45) is 5.73 Å². The van der Waals surface area contributed by atoms with Gasteiger partial charge in [-0.05, 0) is 25.9 Å². The number of nitrogens with two attached hydrogens (primary N) is 1. The van der Waals surface area contributed by atoms with Crippen LogP contribution < -0.4 is 16.4 Å².